The zero-order valence-electron chi connectivity index (χ0n) is 14.4. The molecule has 3 nitrogen and oxygen atoms in total. The number of imidazole rings is 1. The average molecular weight is 361 g/mol. The molecule has 0 aliphatic rings. The minimum Gasteiger partial charge on any atom is -0.321 e. The Labute approximate surface area is 153 Å². The molecule has 0 atom stereocenters. The molecule has 0 radical (unpaired) electrons. The fourth-order valence-corrected chi connectivity index (χ4v) is 4.77. The van der Waals surface area contributed by atoms with Crippen LogP contribution >= 0.6 is 11.3 Å². The summed E-state index contributed by atoms with van der Waals surface area (Å²) in [5.41, 5.74) is 3.19. The number of hydrogen-bond donors (Lipinski definition) is 0. The number of rotatable bonds is 2. The first-order valence-electron chi connectivity index (χ1n) is 8.57. The first-order valence-corrected chi connectivity index (χ1v) is 9.39. The molecule has 2 aromatic carbocycles. The van der Waals surface area contributed by atoms with Crippen LogP contribution in [0.15, 0.2) is 54.7 Å². The Bertz CT molecular complexity index is 1280. The summed E-state index contributed by atoms with van der Waals surface area (Å²) < 4.78 is 18.0. The maximum atomic E-state index is 13.7. The summed E-state index contributed by atoms with van der Waals surface area (Å²) >= 11 is 1.64. The molecule has 0 unspecified atom stereocenters. The molecule has 5 rings (SSSR count). The Kier molecular flexibility index (Phi) is 3.34. The van der Waals surface area contributed by atoms with Crippen molar-refractivity contribution < 1.29 is 4.39 Å². The van der Waals surface area contributed by atoms with Crippen LogP contribution in [0.4, 0.5) is 4.39 Å². The topological polar surface area (TPSA) is 30.7 Å². The minimum atomic E-state index is -0.447. The van der Waals surface area contributed by atoms with Gasteiger partial charge in [-0.25, -0.2) is 9.97 Å². The number of thiophene rings is 1. The van der Waals surface area contributed by atoms with Crippen LogP contribution in [0.3, 0.4) is 0 Å². The van der Waals surface area contributed by atoms with Crippen LogP contribution < -0.4 is 0 Å². The highest BCUT2D eigenvalue weighted by Gasteiger charge is 2.18. The molecule has 0 saturated heterocycles. The Morgan fingerprint density at radius 3 is 2.73 bits per heavy atom. The van der Waals surface area contributed by atoms with Gasteiger partial charge >= 0.3 is 0 Å². The third-order valence-electron chi connectivity index (χ3n) is 4.70. The summed E-state index contributed by atoms with van der Waals surface area (Å²) in [7, 11) is 0. The maximum Gasteiger partial charge on any atom is 0.213 e. The second kappa shape index (κ2) is 5.61. The van der Waals surface area contributed by atoms with Gasteiger partial charge in [-0.05, 0) is 32.0 Å². The molecular weight excluding hydrogens is 345 g/mol. The minimum absolute atomic E-state index is 0.279. The summed E-state index contributed by atoms with van der Waals surface area (Å²) in [5, 5.41) is 1.96. The van der Waals surface area contributed by atoms with Crippen LogP contribution in [0.5, 0.6) is 0 Å². The standard InChI is InChI=1S/C21H16FN3S/c1-12(2)25-17-9-4-3-8-16(17)24-21(25)14-7-5-6-13-15-10-19(22)23-11-18(15)26-20(13)14/h3-12H,1-2H3. The molecule has 5 aromatic rings. The van der Waals surface area contributed by atoms with E-state index in [2.05, 4.69) is 35.5 Å². The van der Waals surface area contributed by atoms with Crippen molar-refractivity contribution in [3.05, 3.63) is 60.7 Å². The quantitative estimate of drug-likeness (QED) is 0.351. The fourth-order valence-electron chi connectivity index (χ4n) is 3.61. The van der Waals surface area contributed by atoms with E-state index in [1.54, 1.807) is 17.5 Å². The molecule has 0 aliphatic carbocycles. The summed E-state index contributed by atoms with van der Waals surface area (Å²) in [6.45, 7) is 4.34. The Balaban J connectivity index is 1.89. The van der Waals surface area contributed by atoms with Gasteiger partial charge in [-0.3, -0.25) is 0 Å². The second-order valence-corrected chi connectivity index (χ2v) is 7.73. The number of fused-ring (bicyclic) bond motifs is 4. The van der Waals surface area contributed by atoms with Gasteiger partial charge in [0.05, 0.1) is 15.7 Å². The van der Waals surface area contributed by atoms with Crippen LogP contribution in [0.2, 0.25) is 0 Å². The molecule has 5 heteroatoms. The van der Waals surface area contributed by atoms with Crippen molar-refractivity contribution in [2.75, 3.05) is 0 Å². The first kappa shape index (κ1) is 15.5. The Morgan fingerprint density at radius 1 is 1.04 bits per heavy atom. The molecule has 0 aliphatic heterocycles. The van der Waals surface area contributed by atoms with Crippen LogP contribution in [0.1, 0.15) is 19.9 Å². The highest BCUT2D eigenvalue weighted by molar-refractivity contribution is 7.26. The molecular formula is C21H16FN3S. The lowest BCUT2D eigenvalue weighted by molar-refractivity contribution is 0.586. The van der Waals surface area contributed by atoms with Gasteiger partial charge in [-0.15, -0.1) is 11.3 Å². The molecule has 0 bridgehead atoms. The zero-order valence-corrected chi connectivity index (χ0v) is 15.2. The van der Waals surface area contributed by atoms with E-state index in [-0.39, 0.29) is 6.04 Å². The van der Waals surface area contributed by atoms with Crippen molar-refractivity contribution >= 4 is 42.5 Å². The molecule has 26 heavy (non-hydrogen) atoms. The van der Waals surface area contributed by atoms with Crippen molar-refractivity contribution in [3.8, 4) is 11.4 Å². The van der Waals surface area contributed by atoms with Crippen molar-refractivity contribution in [2.24, 2.45) is 0 Å². The number of hydrogen-bond acceptors (Lipinski definition) is 3. The van der Waals surface area contributed by atoms with Gasteiger partial charge in [0.2, 0.25) is 5.95 Å². The largest absolute Gasteiger partial charge is 0.321 e. The van der Waals surface area contributed by atoms with Crippen LogP contribution in [-0.4, -0.2) is 14.5 Å². The number of benzene rings is 2. The van der Waals surface area contributed by atoms with Crippen molar-refractivity contribution in [1.29, 1.82) is 0 Å². The predicted molar refractivity (Wildman–Crippen MR) is 106 cm³/mol. The third-order valence-corrected chi connectivity index (χ3v) is 5.89. The molecule has 0 amide bonds. The van der Waals surface area contributed by atoms with Crippen molar-refractivity contribution in [2.45, 2.75) is 19.9 Å². The van der Waals surface area contributed by atoms with Gasteiger partial charge in [-0.2, -0.15) is 4.39 Å². The SMILES string of the molecule is CC(C)n1c(-c2cccc3c2sc2cnc(F)cc23)nc2ccccc21. The van der Waals surface area contributed by atoms with Crippen LogP contribution in [0, 0.1) is 5.95 Å². The van der Waals surface area contributed by atoms with E-state index in [0.29, 0.717) is 0 Å². The van der Waals surface area contributed by atoms with Gasteiger partial charge < -0.3 is 4.57 Å². The predicted octanol–water partition coefficient (Wildman–Crippen LogP) is 6.19. The first-order chi connectivity index (χ1) is 12.6. The second-order valence-electron chi connectivity index (χ2n) is 6.68. The maximum absolute atomic E-state index is 13.7. The average Bonchev–Trinajstić information content (AvgIpc) is 3.19. The number of pyridine rings is 1. The molecule has 3 heterocycles. The molecule has 3 aromatic heterocycles. The van der Waals surface area contributed by atoms with Gasteiger partial charge in [0.25, 0.3) is 0 Å². The van der Waals surface area contributed by atoms with Gasteiger partial charge in [0.1, 0.15) is 5.82 Å². The van der Waals surface area contributed by atoms with Gasteiger partial charge in [0, 0.05) is 39.3 Å². The summed E-state index contributed by atoms with van der Waals surface area (Å²) in [5.74, 6) is 0.504. The molecule has 0 spiro atoms. The van der Waals surface area contributed by atoms with E-state index in [0.717, 1.165) is 42.6 Å². The number of para-hydroxylation sites is 2. The van der Waals surface area contributed by atoms with E-state index in [1.165, 1.54) is 6.07 Å². The third kappa shape index (κ3) is 2.17. The van der Waals surface area contributed by atoms with Crippen molar-refractivity contribution in [1.82, 2.24) is 14.5 Å². The lowest BCUT2D eigenvalue weighted by Crippen LogP contribution is -2.03. The number of halogens is 1. The lowest BCUT2D eigenvalue weighted by atomic mass is 10.1. The van der Waals surface area contributed by atoms with Crippen LogP contribution in [0.25, 0.3) is 42.6 Å². The molecule has 0 N–H and O–H groups in total. The van der Waals surface area contributed by atoms with Crippen LogP contribution in [-0.2, 0) is 0 Å². The zero-order chi connectivity index (χ0) is 17.8. The lowest BCUT2D eigenvalue weighted by Gasteiger charge is -2.13. The van der Waals surface area contributed by atoms with E-state index in [1.807, 2.05) is 30.3 Å². The van der Waals surface area contributed by atoms with E-state index in [9.17, 15) is 4.39 Å². The van der Waals surface area contributed by atoms with Gasteiger partial charge in [-0.1, -0.05) is 24.3 Å². The summed E-state index contributed by atoms with van der Waals surface area (Å²) in [6, 6.07) is 16.2. The normalized spacial score (nSPS) is 12.0. The Hall–Kier alpha value is -2.79. The van der Waals surface area contributed by atoms with Crippen molar-refractivity contribution in [3.63, 3.8) is 0 Å². The summed E-state index contributed by atoms with van der Waals surface area (Å²) in [4.78, 5) is 8.73. The highest BCUT2D eigenvalue weighted by atomic mass is 32.1. The number of nitrogens with zero attached hydrogens (tertiary/aromatic N) is 3. The Morgan fingerprint density at radius 2 is 1.88 bits per heavy atom. The smallest absolute Gasteiger partial charge is 0.213 e. The fraction of sp³-hybridized carbons (Fsp3) is 0.143. The van der Waals surface area contributed by atoms with Gasteiger partial charge in [0.15, 0.2) is 0 Å². The molecule has 128 valence electrons. The van der Waals surface area contributed by atoms with E-state index in [4.69, 9.17) is 4.98 Å². The van der Waals surface area contributed by atoms with E-state index < -0.39 is 5.95 Å². The molecule has 0 saturated carbocycles. The number of aromatic nitrogens is 3. The highest BCUT2D eigenvalue weighted by Crippen LogP contribution is 2.40. The monoisotopic (exact) mass is 361 g/mol. The van der Waals surface area contributed by atoms with E-state index >= 15 is 0 Å². The molecule has 0 fully saturated rings. The summed E-state index contributed by atoms with van der Waals surface area (Å²) in [6.07, 6.45) is 1.62.